The zero-order valence-electron chi connectivity index (χ0n) is 11.1. The first kappa shape index (κ1) is 14.6. The van der Waals surface area contributed by atoms with Gasteiger partial charge in [0.05, 0.1) is 5.02 Å². The maximum Gasteiger partial charge on any atom is 0.253 e. The van der Waals surface area contributed by atoms with Crippen LogP contribution in [0, 0.1) is 5.82 Å². The first-order valence-corrected chi connectivity index (χ1v) is 6.77. The molecule has 1 heterocycles. The maximum atomic E-state index is 13.6. The van der Waals surface area contributed by atoms with Crippen molar-refractivity contribution in [3.05, 3.63) is 62.7 Å². The van der Waals surface area contributed by atoms with E-state index in [9.17, 15) is 9.18 Å². The first-order chi connectivity index (χ1) is 9.61. The zero-order chi connectivity index (χ0) is 14.5. The van der Waals surface area contributed by atoms with Gasteiger partial charge in [-0.05, 0) is 30.7 Å². The first-order valence-electron chi connectivity index (χ1n) is 6.39. The van der Waals surface area contributed by atoms with Gasteiger partial charge in [-0.25, -0.2) is 4.39 Å². The van der Waals surface area contributed by atoms with E-state index in [0.717, 1.165) is 12.8 Å². The molecule has 5 heteroatoms. The van der Waals surface area contributed by atoms with E-state index in [1.54, 1.807) is 18.2 Å². The number of hydrogen-bond acceptors (Lipinski definition) is 2. The molecule has 1 aromatic carbocycles. The minimum atomic E-state index is -0.428. The van der Waals surface area contributed by atoms with Crippen molar-refractivity contribution in [1.29, 1.82) is 0 Å². The van der Waals surface area contributed by atoms with E-state index in [0.29, 0.717) is 16.5 Å². The van der Waals surface area contributed by atoms with Crippen molar-refractivity contribution in [1.82, 2.24) is 4.98 Å². The number of halogens is 2. The Kier molecular flexibility index (Phi) is 4.79. The van der Waals surface area contributed by atoms with Crippen LogP contribution in [0.1, 0.15) is 24.5 Å². The lowest BCUT2D eigenvalue weighted by Crippen LogP contribution is -2.13. The molecule has 0 bridgehead atoms. The van der Waals surface area contributed by atoms with Crippen molar-refractivity contribution in [2.45, 2.75) is 26.4 Å². The number of rotatable bonds is 5. The summed E-state index contributed by atoms with van der Waals surface area (Å²) >= 11 is 5.90. The van der Waals surface area contributed by atoms with Crippen molar-refractivity contribution in [3.8, 4) is 5.88 Å². The van der Waals surface area contributed by atoms with Gasteiger partial charge in [-0.2, -0.15) is 0 Å². The molecular formula is C15H15ClFNO2. The highest BCUT2D eigenvalue weighted by Gasteiger charge is 2.08. The number of aromatic amines is 1. The van der Waals surface area contributed by atoms with Crippen LogP contribution in [0.5, 0.6) is 5.88 Å². The standard InChI is InChI=1S/C15H15ClFNO2/c1-2-4-10-7-8-14(18-15(10)19)20-9-11-12(16)5-3-6-13(11)17/h3,5-8H,2,4,9H2,1H3,(H,18,19). The van der Waals surface area contributed by atoms with Crippen molar-refractivity contribution < 1.29 is 9.13 Å². The molecule has 0 amide bonds. The highest BCUT2D eigenvalue weighted by atomic mass is 35.5. The van der Waals surface area contributed by atoms with Gasteiger partial charge in [0.15, 0.2) is 5.88 Å². The van der Waals surface area contributed by atoms with Crippen molar-refractivity contribution in [2.75, 3.05) is 0 Å². The van der Waals surface area contributed by atoms with E-state index in [1.807, 2.05) is 6.92 Å². The third kappa shape index (κ3) is 3.39. The van der Waals surface area contributed by atoms with Gasteiger partial charge in [-0.1, -0.05) is 31.0 Å². The normalized spacial score (nSPS) is 10.6. The van der Waals surface area contributed by atoms with Crippen LogP contribution >= 0.6 is 11.6 Å². The smallest absolute Gasteiger partial charge is 0.253 e. The molecule has 0 spiro atoms. The number of hydrogen-bond donors (Lipinski definition) is 1. The topological polar surface area (TPSA) is 42.1 Å². The summed E-state index contributed by atoms with van der Waals surface area (Å²) in [6.07, 6.45) is 1.61. The third-order valence-corrected chi connectivity index (χ3v) is 3.27. The van der Waals surface area contributed by atoms with Gasteiger partial charge in [0, 0.05) is 11.1 Å². The molecule has 106 valence electrons. The number of aromatic nitrogens is 1. The largest absolute Gasteiger partial charge is 0.474 e. The summed E-state index contributed by atoms with van der Waals surface area (Å²) in [4.78, 5) is 14.4. The second-order valence-corrected chi connectivity index (χ2v) is 4.82. The minimum absolute atomic E-state index is 0.0332. The molecule has 2 rings (SSSR count). The Hall–Kier alpha value is -1.81. The summed E-state index contributed by atoms with van der Waals surface area (Å²) in [7, 11) is 0. The predicted molar refractivity (Wildman–Crippen MR) is 76.8 cm³/mol. The molecule has 0 fully saturated rings. The van der Waals surface area contributed by atoms with E-state index in [1.165, 1.54) is 12.1 Å². The van der Waals surface area contributed by atoms with Gasteiger partial charge in [-0.3, -0.25) is 9.78 Å². The molecule has 0 saturated carbocycles. The molecule has 0 atom stereocenters. The lowest BCUT2D eigenvalue weighted by Gasteiger charge is -2.09. The predicted octanol–water partition coefficient (Wildman–Crippen LogP) is 3.70. The Bertz CT molecular complexity index is 634. The molecule has 0 radical (unpaired) electrons. The average Bonchev–Trinajstić information content (AvgIpc) is 2.41. The van der Waals surface area contributed by atoms with Gasteiger partial charge in [0.25, 0.3) is 5.56 Å². The second-order valence-electron chi connectivity index (χ2n) is 4.42. The van der Waals surface area contributed by atoms with Crippen LogP contribution in [-0.4, -0.2) is 4.98 Å². The number of H-pyrrole nitrogens is 1. The maximum absolute atomic E-state index is 13.6. The van der Waals surface area contributed by atoms with Crippen LogP contribution in [0.4, 0.5) is 4.39 Å². The van der Waals surface area contributed by atoms with Crippen LogP contribution in [-0.2, 0) is 13.0 Å². The SMILES string of the molecule is CCCc1ccc(OCc2c(F)cccc2Cl)[nH]c1=O. The van der Waals surface area contributed by atoms with Crippen LogP contribution in [0.2, 0.25) is 5.02 Å². The van der Waals surface area contributed by atoms with Gasteiger partial charge in [-0.15, -0.1) is 0 Å². The van der Waals surface area contributed by atoms with Crippen LogP contribution in [0.15, 0.2) is 35.1 Å². The average molecular weight is 296 g/mol. The monoisotopic (exact) mass is 295 g/mol. The zero-order valence-corrected chi connectivity index (χ0v) is 11.8. The molecule has 0 aliphatic heterocycles. The van der Waals surface area contributed by atoms with E-state index in [2.05, 4.69) is 4.98 Å². The highest BCUT2D eigenvalue weighted by Crippen LogP contribution is 2.20. The van der Waals surface area contributed by atoms with E-state index >= 15 is 0 Å². The molecule has 0 aliphatic rings. The molecule has 20 heavy (non-hydrogen) atoms. The third-order valence-electron chi connectivity index (χ3n) is 2.92. The van der Waals surface area contributed by atoms with Crippen molar-refractivity contribution >= 4 is 11.6 Å². The Labute approximate surface area is 121 Å². The Morgan fingerprint density at radius 2 is 2.10 bits per heavy atom. The fourth-order valence-corrected chi connectivity index (χ4v) is 2.07. The molecule has 3 nitrogen and oxygen atoms in total. The summed E-state index contributed by atoms with van der Waals surface area (Å²) < 4.78 is 18.9. The molecule has 0 saturated heterocycles. The number of pyridine rings is 1. The number of ether oxygens (including phenoxy) is 1. The summed E-state index contributed by atoms with van der Waals surface area (Å²) in [5.41, 5.74) is 0.806. The lowest BCUT2D eigenvalue weighted by atomic mass is 10.2. The molecule has 1 N–H and O–H groups in total. The molecule has 1 aromatic heterocycles. The number of benzene rings is 1. The summed E-state index contributed by atoms with van der Waals surface area (Å²) in [6, 6.07) is 7.83. The Morgan fingerprint density at radius 3 is 2.75 bits per heavy atom. The summed E-state index contributed by atoms with van der Waals surface area (Å²) in [6.45, 7) is 1.97. The number of aryl methyl sites for hydroxylation is 1. The highest BCUT2D eigenvalue weighted by molar-refractivity contribution is 6.31. The van der Waals surface area contributed by atoms with Crippen molar-refractivity contribution in [2.24, 2.45) is 0 Å². The Balaban J connectivity index is 2.12. The van der Waals surface area contributed by atoms with Crippen LogP contribution < -0.4 is 10.3 Å². The van der Waals surface area contributed by atoms with E-state index < -0.39 is 5.82 Å². The Morgan fingerprint density at radius 1 is 1.30 bits per heavy atom. The van der Waals surface area contributed by atoms with Crippen LogP contribution in [0.25, 0.3) is 0 Å². The fraction of sp³-hybridized carbons (Fsp3) is 0.267. The van der Waals surface area contributed by atoms with Gasteiger partial charge in [0.1, 0.15) is 12.4 Å². The van der Waals surface area contributed by atoms with Gasteiger partial charge < -0.3 is 4.74 Å². The fourth-order valence-electron chi connectivity index (χ4n) is 1.86. The number of nitrogens with one attached hydrogen (secondary N) is 1. The molecule has 0 aliphatic carbocycles. The summed E-state index contributed by atoms with van der Waals surface area (Å²) in [5, 5.41) is 0.301. The molecule has 0 unspecified atom stereocenters. The lowest BCUT2D eigenvalue weighted by molar-refractivity contribution is 0.287. The van der Waals surface area contributed by atoms with E-state index in [4.69, 9.17) is 16.3 Å². The van der Waals surface area contributed by atoms with Gasteiger partial charge >= 0.3 is 0 Å². The van der Waals surface area contributed by atoms with Crippen molar-refractivity contribution in [3.63, 3.8) is 0 Å². The summed E-state index contributed by atoms with van der Waals surface area (Å²) in [5.74, 6) is -0.128. The molecular weight excluding hydrogens is 281 g/mol. The quantitative estimate of drug-likeness (QED) is 0.914. The van der Waals surface area contributed by atoms with Gasteiger partial charge in [0.2, 0.25) is 0 Å². The minimum Gasteiger partial charge on any atom is -0.474 e. The van der Waals surface area contributed by atoms with Crippen LogP contribution in [0.3, 0.4) is 0 Å². The molecule has 2 aromatic rings. The van der Waals surface area contributed by atoms with E-state index in [-0.39, 0.29) is 17.7 Å². The second kappa shape index (κ2) is 6.57.